The van der Waals surface area contributed by atoms with Crippen molar-refractivity contribution in [3.8, 4) is 0 Å². The molecule has 1 heterocycles. The largest absolute Gasteiger partial charge is 0.457 e. The van der Waals surface area contributed by atoms with E-state index in [1.54, 1.807) is 0 Å². The zero-order valence-corrected chi connectivity index (χ0v) is 45.3. The highest BCUT2D eigenvalue weighted by molar-refractivity contribution is 5.69. The molecule has 408 valence electrons. The first-order valence-corrected chi connectivity index (χ1v) is 29.4. The Morgan fingerprint density at radius 2 is 0.829 bits per heavy atom. The summed E-state index contributed by atoms with van der Waals surface area (Å²) in [6.45, 7) is 4.56. The van der Waals surface area contributed by atoms with E-state index in [0.717, 1.165) is 51.4 Å². The number of hydrogen-bond acceptors (Lipinski definition) is 9. The monoisotopic (exact) mass is 987 g/mol. The van der Waals surface area contributed by atoms with E-state index in [9.17, 15) is 25.2 Å². The number of unbranched alkanes of at least 4 members (excludes halogenated alkanes) is 30. The number of hydrogen-bond donors (Lipinski definition) is 4. The molecule has 1 fully saturated rings. The number of rotatable bonds is 51. The predicted molar refractivity (Wildman–Crippen MR) is 293 cm³/mol. The van der Waals surface area contributed by atoms with Crippen LogP contribution in [0.4, 0.5) is 0 Å². The molecule has 6 unspecified atom stereocenters. The fourth-order valence-corrected chi connectivity index (χ4v) is 8.83. The van der Waals surface area contributed by atoms with Crippen LogP contribution >= 0.6 is 0 Å². The van der Waals surface area contributed by atoms with E-state index in [0.29, 0.717) is 13.0 Å². The number of aliphatic hydroxyl groups excluding tert-OH is 4. The van der Waals surface area contributed by atoms with Gasteiger partial charge in [0.05, 0.1) is 19.8 Å². The number of carbonyl (C=O) groups is 1. The predicted octanol–water partition coefficient (Wildman–Crippen LogP) is 15.4. The fourth-order valence-electron chi connectivity index (χ4n) is 8.83. The molecule has 1 aliphatic heterocycles. The van der Waals surface area contributed by atoms with Crippen LogP contribution < -0.4 is 0 Å². The van der Waals surface area contributed by atoms with Crippen LogP contribution in [0, 0.1) is 0 Å². The maximum Gasteiger partial charge on any atom is 0.306 e. The summed E-state index contributed by atoms with van der Waals surface area (Å²) >= 11 is 0. The van der Waals surface area contributed by atoms with Crippen molar-refractivity contribution in [2.75, 3.05) is 26.4 Å². The lowest BCUT2D eigenvalue weighted by atomic mass is 9.99. The molecular weight excluding hydrogens is 877 g/mol. The lowest BCUT2D eigenvalue weighted by Crippen LogP contribution is -2.59. The number of carbonyl (C=O) groups excluding carboxylic acids is 1. The highest BCUT2D eigenvalue weighted by atomic mass is 16.7. The maximum absolute atomic E-state index is 12.9. The minimum Gasteiger partial charge on any atom is -0.457 e. The Kier molecular flexibility index (Phi) is 48.7. The van der Waals surface area contributed by atoms with E-state index in [2.05, 4.69) is 74.6 Å². The molecule has 0 spiro atoms. The third kappa shape index (κ3) is 41.4. The summed E-state index contributed by atoms with van der Waals surface area (Å²) in [4.78, 5) is 12.9. The van der Waals surface area contributed by atoms with Gasteiger partial charge in [-0.25, -0.2) is 0 Å². The van der Waals surface area contributed by atoms with Gasteiger partial charge < -0.3 is 39.4 Å². The SMILES string of the molecule is CCCCCCC/C=C\C/C=C\C/C=C\CCCCCCCCCCCCC(=O)OC(COCCCCCCCCCCCC/C=C\C/C=C\CCCCCCC)COC1OC(CO)C(O)C(O)C1O. The Hall–Kier alpha value is -2.11. The van der Waals surface area contributed by atoms with E-state index in [1.807, 2.05) is 0 Å². The van der Waals surface area contributed by atoms with Crippen LogP contribution in [0.25, 0.3) is 0 Å². The minimum atomic E-state index is -1.54. The van der Waals surface area contributed by atoms with Gasteiger partial charge in [0, 0.05) is 13.0 Å². The Morgan fingerprint density at radius 3 is 1.24 bits per heavy atom. The van der Waals surface area contributed by atoms with Gasteiger partial charge in [0.1, 0.15) is 30.5 Å². The Morgan fingerprint density at radius 1 is 0.457 bits per heavy atom. The summed E-state index contributed by atoms with van der Waals surface area (Å²) in [5, 5.41) is 40.4. The van der Waals surface area contributed by atoms with Crippen LogP contribution in [0.3, 0.4) is 0 Å². The van der Waals surface area contributed by atoms with Crippen molar-refractivity contribution in [1.29, 1.82) is 0 Å². The molecule has 0 aromatic carbocycles. The molecule has 0 amide bonds. The summed E-state index contributed by atoms with van der Waals surface area (Å²) < 4.78 is 23.0. The molecule has 0 saturated carbocycles. The smallest absolute Gasteiger partial charge is 0.306 e. The van der Waals surface area contributed by atoms with Gasteiger partial charge in [-0.1, -0.05) is 229 Å². The van der Waals surface area contributed by atoms with Crippen molar-refractivity contribution in [3.05, 3.63) is 60.8 Å². The fraction of sp³-hybridized carbons (Fsp3) is 0.820. The number of aliphatic hydroxyl groups is 4. The summed E-state index contributed by atoms with van der Waals surface area (Å²) in [5.41, 5.74) is 0. The Balaban J connectivity index is 2.16. The molecule has 0 aromatic heterocycles. The molecule has 0 aliphatic carbocycles. The third-order valence-electron chi connectivity index (χ3n) is 13.4. The highest BCUT2D eigenvalue weighted by Gasteiger charge is 2.44. The maximum atomic E-state index is 12.9. The van der Waals surface area contributed by atoms with Crippen molar-refractivity contribution >= 4 is 5.97 Å². The van der Waals surface area contributed by atoms with Crippen LogP contribution in [-0.2, 0) is 23.7 Å². The van der Waals surface area contributed by atoms with Crippen LogP contribution in [0.1, 0.15) is 258 Å². The zero-order chi connectivity index (χ0) is 50.6. The van der Waals surface area contributed by atoms with Crippen molar-refractivity contribution in [3.63, 3.8) is 0 Å². The van der Waals surface area contributed by atoms with Crippen molar-refractivity contribution in [2.24, 2.45) is 0 Å². The van der Waals surface area contributed by atoms with Crippen LogP contribution in [0.2, 0.25) is 0 Å². The van der Waals surface area contributed by atoms with Gasteiger partial charge in [0.15, 0.2) is 6.29 Å². The van der Waals surface area contributed by atoms with Gasteiger partial charge in [-0.15, -0.1) is 0 Å². The third-order valence-corrected chi connectivity index (χ3v) is 13.4. The first-order valence-electron chi connectivity index (χ1n) is 29.4. The number of esters is 1. The molecule has 9 nitrogen and oxygen atoms in total. The van der Waals surface area contributed by atoms with Gasteiger partial charge in [-0.05, 0) is 83.5 Å². The number of allylic oxidation sites excluding steroid dienone is 10. The first kappa shape index (κ1) is 65.9. The first-order chi connectivity index (χ1) is 34.4. The second-order valence-corrected chi connectivity index (χ2v) is 20.1. The lowest BCUT2D eigenvalue weighted by molar-refractivity contribution is -0.305. The summed E-state index contributed by atoms with van der Waals surface area (Å²) in [6.07, 6.45) is 61.2. The standard InChI is InChI=1S/C61H110O9/c1-3-5-7-9-11-13-15-17-19-21-23-25-27-28-29-30-32-34-36-38-40-42-44-46-48-50-57(63)69-55(54-68-61-60(66)59(65)58(64)56(52-62)70-61)53-67-51-49-47-45-43-41-39-37-35-33-31-26-24-22-20-18-16-14-12-10-8-6-4-2/h15-18,21-24,27-28,55-56,58-62,64-66H,3-14,19-20,25-26,29-54H2,1-2H3/b17-15-,18-16-,23-21-,24-22-,28-27-. The quantitative estimate of drug-likeness (QED) is 0.0267. The zero-order valence-electron chi connectivity index (χ0n) is 45.3. The summed E-state index contributed by atoms with van der Waals surface area (Å²) in [5.74, 6) is -0.317. The second kappa shape index (κ2) is 51.8. The second-order valence-electron chi connectivity index (χ2n) is 20.1. The molecule has 70 heavy (non-hydrogen) atoms. The molecule has 9 heteroatoms. The van der Waals surface area contributed by atoms with Gasteiger partial charge in [0.2, 0.25) is 0 Å². The van der Waals surface area contributed by atoms with Crippen molar-refractivity contribution in [1.82, 2.24) is 0 Å². The molecular formula is C61H110O9. The van der Waals surface area contributed by atoms with Gasteiger partial charge in [-0.2, -0.15) is 0 Å². The topological polar surface area (TPSA) is 135 Å². The molecule has 1 rings (SSSR count). The van der Waals surface area contributed by atoms with E-state index in [-0.39, 0.29) is 19.2 Å². The van der Waals surface area contributed by atoms with Crippen LogP contribution in [0.5, 0.6) is 0 Å². The average Bonchev–Trinajstić information content (AvgIpc) is 3.36. The van der Waals surface area contributed by atoms with Crippen LogP contribution in [0.15, 0.2) is 60.8 Å². The van der Waals surface area contributed by atoms with Crippen molar-refractivity contribution in [2.45, 2.75) is 295 Å². The molecule has 6 atom stereocenters. The lowest BCUT2D eigenvalue weighted by Gasteiger charge is -2.39. The van der Waals surface area contributed by atoms with Crippen molar-refractivity contribution < 1.29 is 44.2 Å². The van der Waals surface area contributed by atoms with E-state index >= 15 is 0 Å². The summed E-state index contributed by atoms with van der Waals surface area (Å²) in [7, 11) is 0. The van der Waals surface area contributed by atoms with Crippen LogP contribution in [-0.4, -0.2) is 89.6 Å². The van der Waals surface area contributed by atoms with E-state index in [4.69, 9.17) is 18.9 Å². The molecule has 4 N–H and O–H groups in total. The minimum absolute atomic E-state index is 0.117. The van der Waals surface area contributed by atoms with E-state index < -0.39 is 43.4 Å². The van der Waals surface area contributed by atoms with Gasteiger partial charge >= 0.3 is 5.97 Å². The van der Waals surface area contributed by atoms with Gasteiger partial charge in [0.25, 0.3) is 0 Å². The Labute approximate surface area is 430 Å². The number of ether oxygens (including phenoxy) is 4. The molecule has 0 aromatic rings. The highest BCUT2D eigenvalue weighted by Crippen LogP contribution is 2.23. The molecule has 1 aliphatic rings. The van der Waals surface area contributed by atoms with Gasteiger partial charge in [-0.3, -0.25) is 4.79 Å². The summed E-state index contributed by atoms with van der Waals surface area (Å²) in [6, 6.07) is 0. The normalized spacial score (nSPS) is 19.3. The van der Waals surface area contributed by atoms with E-state index in [1.165, 1.54) is 186 Å². The molecule has 1 saturated heterocycles. The Bertz CT molecular complexity index is 1260. The average molecular weight is 988 g/mol. The molecule has 0 bridgehead atoms. The molecule has 0 radical (unpaired) electrons.